The molecule has 0 unspecified atom stereocenters. The van der Waals surface area contributed by atoms with Crippen molar-refractivity contribution < 1.29 is 23.6 Å². The Labute approximate surface area is 204 Å². The van der Waals surface area contributed by atoms with E-state index in [1.165, 1.54) is 5.56 Å². The van der Waals surface area contributed by atoms with Crippen molar-refractivity contribution in [1.29, 1.82) is 0 Å². The molecule has 0 spiro atoms. The fourth-order valence-corrected chi connectivity index (χ4v) is 4.96. The van der Waals surface area contributed by atoms with Crippen molar-refractivity contribution in [1.82, 2.24) is 10.2 Å². The minimum atomic E-state index is -0.591. The molecule has 2 saturated heterocycles. The van der Waals surface area contributed by atoms with E-state index in [0.29, 0.717) is 13.0 Å². The van der Waals surface area contributed by atoms with E-state index in [9.17, 15) is 9.59 Å². The van der Waals surface area contributed by atoms with Gasteiger partial charge >= 0.3 is 13.2 Å². The maximum atomic E-state index is 13.3. The van der Waals surface area contributed by atoms with Crippen LogP contribution in [0, 0.1) is 0 Å². The Balaban J connectivity index is 1.60. The van der Waals surface area contributed by atoms with Gasteiger partial charge in [0.1, 0.15) is 5.60 Å². The zero-order valence-corrected chi connectivity index (χ0v) is 21.7. The van der Waals surface area contributed by atoms with Crippen LogP contribution in [-0.4, -0.2) is 53.4 Å². The van der Waals surface area contributed by atoms with Gasteiger partial charge in [-0.15, -0.1) is 0 Å². The van der Waals surface area contributed by atoms with E-state index < -0.39 is 23.9 Å². The predicted molar refractivity (Wildman–Crippen MR) is 132 cm³/mol. The second-order valence-electron chi connectivity index (χ2n) is 11.9. The molecule has 4 rings (SSSR count). The van der Waals surface area contributed by atoms with Crippen LogP contribution in [0.25, 0.3) is 0 Å². The van der Waals surface area contributed by atoms with Crippen LogP contribution in [0.2, 0.25) is 0 Å². The van der Waals surface area contributed by atoms with Crippen molar-refractivity contribution >= 4 is 24.6 Å². The molecule has 2 fully saturated rings. The average Bonchev–Trinajstić information content (AvgIpc) is 3.22. The molecule has 0 bridgehead atoms. The molecule has 7 nitrogen and oxygen atoms in total. The van der Waals surface area contributed by atoms with Crippen LogP contribution in [0.15, 0.2) is 18.2 Å². The van der Waals surface area contributed by atoms with Gasteiger partial charge in [-0.3, -0.25) is 9.69 Å². The normalized spacial score (nSPS) is 25.6. The summed E-state index contributed by atoms with van der Waals surface area (Å²) in [7, 11) is -0.411. The van der Waals surface area contributed by atoms with E-state index in [2.05, 4.69) is 51.2 Å². The Morgan fingerprint density at radius 2 is 1.82 bits per heavy atom. The van der Waals surface area contributed by atoms with Gasteiger partial charge in [0.25, 0.3) is 0 Å². The largest absolute Gasteiger partial charge is 0.494 e. The first-order valence-electron chi connectivity index (χ1n) is 12.5. The van der Waals surface area contributed by atoms with Gasteiger partial charge in [0.05, 0.1) is 17.2 Å². The highest BCUT2D eigenvalue weighted by Crippen LogP contribution is 2.38. The van der Waals surface area contributed by atoms with Crippen molar-refractivity contribution in [2.45, 2.75) is 109 Å². The van der Waals surface area contributed by atoms with Crippen molar-refractivity contribution in [3.63, 3.8) is 0 Å². The second kappa shape index (κ2) is 8.87. The van der Waals surface area contributed by atoms with E-state index in [0.717, 1.165) is 36.7 Å². The summed E-state index contributed by atoms with van der Waals surface area (Å²) in [5, 5.41) is 3.01. The van der Waals surface area contributed by atoms with E-state index in [4.69, 9.17) is 14.0 Å². The van der Waals surface area contributed by atoms with Crippen molar-refractivity contribution in [2.75, 3.05) is 6.54 Å². The van der Waals surface area contributed by atoms with Gasteiger partial charge in [0.15, 0.2) is 0 Å². The first-order valence-corrected chi connectivity index (χ1v) is 12.5. The first-order chi connectivity index (χ1) is 15.8. The summed E-state index contributed by atoms with van der Waals surface area (Å²) in [6.07, 6.45) is 3.69. The van der Waals surface area contributed by atoms with Crippen LogP contribution in [0.1, 0.15) is 91.3 Å². The van der Waals surface area contributed by atoms with Crippen LogP contribution < -0.4 is 10.8 Å². The van der Waals surface area contributed by atoms with E-state index in [1.54, 1.807) is 0 Å². The number of fused-ring (bicyclic) bond motifs is 1. The third-order valence-electron chi connectivity index (χ3n) is 7.48. The number of amides is 2. The maximum Gasteiger partial charge on any atom is 0.494 e. The third-order valence-corrected chi connectivity index (χ3v) is 7.48. The number of hydrogen-bond donors (Lipinski definition) is 1. The maximum absolute atomic E-state index is 13.3. The molecule has 0 aromatic heterocycles. The number of benzene rings is 1. The molecular weight excluding hydrogens is 431 g/mol. The first kappa shape index (κ1) is 25.1. The van der Waals surface area contributed by atoms with Crippen molar-refractivity contribution in [3.05, 3.63) is 29.3 Å². The monoisotopic (exact) mass is 470 g/mol. The quantitative estimate of drug-likeness (QED) is 0.676. The lowest BCUT2D eigenvalue weighted by atomic mass is 9.75. The Hall–Kier alpha value is -2.06. The van der Waals surface area contributed by atoms with Crippen LogP contribution in [-0.2, 0) is 25.3 Å². The van der Waals surface area contributed by atoms with Gasteiger partial charge in [-0.05, 0) is 90.7 Å². The highest BCUT2D eigenvalue weighted by molar-refractivity contribution is 6.62. The molecule has 0 radical (unpaired) electrons. The minimum absolute atomic E-state index is 0.0465. The number of aryl methyl sites for hydroxylation is 1. The topological polar surface area (TPSA) is 77.1 Å². The number of nitrogens with zero attached hydrogens (tertiary/aromatic N) is 1. The SMILES string of the molecule is CC(C)(C)OC(=O)N(C[C@@H]1CCC(=O)N1)[C@@H]1CCCc2cc(B3OC(C)(C)C(C)(C)O3)ccc21. The molecule has 0 saturated carbocycles. The Bertz CT molecular complexity index is 939. The summed E-state index contributed by atoms with van der Waals surface area (Å²) in [5.74, 6) is 0.0465. The van der Waals surface area contributed by atoms with Gasteiger partial charge in [-0.2, -0.15) is 0 Å². The third kappa shape index (κ3) is 5.13. The molecule has 1 aromatic carbocycles. The number of nitrogens with one attached hydrogen (secondary N) is 1. The number of carbonyl (C=O) groups is 2. The van der Waals surface area contributed by atoms with Crippen molar-refractivity contribution in [2.24, 2.45) is 0 Å². The molecule has 8 heteroatoms. The molecular formula is C26H39BN2O5. The van der Waals surface area contributed by atoms with Gasteiger partial charge < -0.3 is 19.4 Å². The zero-order chi connectivity index (χ0) is 24.9. The van der Waals surface area contributed by atoms with E-state index in [1.807, 2.05) is 25.7 Å². The lowest BCUT2D eigenvalue weighted by Crippen LogP contribution is -2.46. The fraction of sp³-hybridized carbons (Fsp3) is 0.692. The van der Waals surface area contributed by atoms with Crippen LogP contribution >= 0.6 is 0 Å². The summed E-state index contributed by atoms with van der Waals surface area (Å²) < 4.78 is 18.3. The summed E-state index contributed by atoms with van der Waals surface area (Å²) >= 11 is 0. The molecule has 1 aromatic rings. The minimum Gasteiger partial charge on any atom is -0.444 e. The number of ether oxygens (including phenoxy) is 1. The number of rotatable bonds is 4. The summed E-state index contributed by atoms with van der Waals surface area (Å²) in [6.45, 7) is 14.3. The molecule has 34 heavy (non-hydrogen) atoms. The molecule has 2 atom stereocenters. The predicted octanol–water partition coefficient (Wildman–Crippen LogP) is 3.88. The molecule has 1 N–H and O–H groups in total. The Morgan fingerprint density at radius 1 is 1.15 bits per heavy atom. The van der Waals surface area contributed by atoms with Crippen LogP contribution in [0.5, 0.6) is 0 Å². The molecule has 2 aliphatic heterocycles. The van der Waals surface area contributed by atoms with E-state index >= 15 is 0 Å². The van der Waals surface area contributed by atoms with Gasteiger partial charge in [-0.1, -0.05) is 18.2 Å². The standard InChI is InChI=1S/C26H39BN2O5/c1-24(2,3)32-23(31)29(16-19-12-14-22(30)28-19)21-10-8-9-17-15-18(11-13-20(17)21)27-33-25(4,5)26(6,7)34-27/h11,13,15,19,21H,8-10,12,14,16H2,1-7H3,(H,28,30)/t19-,21+/m0/s1. The lowest BCUT2D eigenvalue weighted by Gasteiger charge is -2.38. The highest BCUT2D eigenvalue weighted by atomic mass is 16.7. The summed E-state index contributed by atoms with van der Waals surface area (Å²) in [6, 6.07) is 6.21. The van der Waals surface area contributed by atoms with Gasteiger partial charge in [-0.25, -0.2) is 4.79 Å². The second-order valence-corrected chi connectivity index (χ2v) is 11.9. The lowest BCUT2D eigenvalue weighted by molar-refractivity contribution is -0.119. The van der Waals surface area contributed by atoms with Gasteiger partial charge in [0, 0.05) is 19.0 Å². The summed E-state index contributed by atoms with van der Waals surface area (Å²) in [4.78, 5) is 26.9. The molecule has 2 amide bonds. The molecule has 186 valence electrons. The number of carbonyl (C=O) groups excluding carboxylic acids is 2. The average molecular weight is 470 g/mol. The fourth-order valence-electron chi connectivity index (χ4n) is 4.96. The number of hydrogen-bond acceptors (Lipinski definition) is 5. The zero-order valence-electron chi connectivity index (χ0n) is 21.7. The van der Waals surface area contributed by atoms with Crippen LogP contribution in [0.4, 0.5) is 4.79 Å². The molecule has 1 aliphatic carbocycles. The molecule has 3 aliphatic rings. The van der Waals surface area contributed by atoms with Crippen molar-refractivity contribution in [3.8, 4) is 0 Å². The highest BCUT2D eigenvalue weighted by Gasteiger charge is 2.52. The smallest absolute Gasteiger partial charge is 0.444 e. The van der Waals surface area contributed by atoms with Crippen LogP contribution in [0.3, 0.4) is 0 Å². The summed E-state index contributed by atoms with van der Waals surface area (Å²) in [5.41, 5.74) is 1.98. The molecule has 2 heterocycles. The van der Waals surface area contributed by atoms with Gasteiger partial charge in [0.2, 0.25) is 5.91 Å². The van der Waals surface area contributed by atoms with E-state index in [-0.39, 0.29) is 24.1 Å². The Kier molecular flexibility index (Phi) is 6.53. The Morgan fingerprint density at radius 3 is 2.41 bits per heavy atom.